The highest BCUT2D eigenvalue weighted by Gasteiger charge is 2.34. The molecule has 4 aromatic carbocycles. The summed E-state index contributed by atoms with van der Waals surface area (Å²) in [7, 11) is 0. The van der Waals surface area contributed by atoms with Gasteiger partial charge < -0.3 is 10.6 Å². The van der Waals surface area contributed by atoms with E-state index in [1.807, 2.05) is 0 Å². The first-order chi connectivity index (χ1) is 17.4. The predicted molar refractivity (Wildman–Crippen MR) is 139 cm³/mol. The molecule has 0 spiro atoms. The number of halogens is 2. The molecule has 4 aromatic rings. The van der Waals surface area contributed by atoms with Crippen molar-refractivity contribution in [2.75, 3.05) is 10.6 Å². The third-order valence-corrected chi connectivity index (χ3v) is 6.46. The number of amides is 2. The quantitative estimate of drug-likeness (QED) is 0.295. The predicted octanol–water partition coefficient (Wildman–Crippen LogP) is 6.27. The zero-order valence-electron chi connectivity index (χ0n) is 18.5. The number of hydrogen-bond acceptors (Lipinski definition) is 4. The SMILES string of the molecule is O=C(Nc1cccc2c1C(=O)c1cccc(NC(=O)c3ccccc3Cl)c1C2=O)c1ccccc1Cl. The zero-order valence-corrected chi connectivity index (χ0v) is 20.0. The number of carbonyl (C=O) groups is 4. The van der Waals surface area contributed by atoms with E-state index in [-0.39, 0.29) is 54.8 Å². The van der Waals surface area contributed by atoms with E-state index in [9.17, 15) is 19.2 Å². The van der Waals surface area contributed by atoms with Crippen LogP contribution in [0.15, 0.2) is 84.9 Å². The van der Waals surface area contributed by atoms with Gasteiger partial charge in [0.2, 0.25) is 0 Å². The van der Waals surface area contributed by atoms with Crippen LogP contribution >= 0.6 is 23.2 Å². The van der Waals surface area contributed by atoms with E-state index >= 15 is 0 Å². The van der Waals surface area contributed by atoms with Gasteiger partial charge in [0.25, 0.3) is 11.8 Å². The largest absolute Gasteiger partial charge is 0.321 e. The van der Waals surface area contributed by atoms with Crippen molar-refractivity contribution in [2.24, 2.45) is 0 Å². The Balaban J connectivity index is 1.52. The van der Waals surface area contributed by atoms with Crippen LogP contribution < -0.4 is 10.6 Å². The smallest absolute Gasteiger partial charge is 0.257 e. The summed E-state index contributed by atoms with van der Waals surface area (Å²) in [5.41, 5.74) is 1.22. The van der Waals surface area contributed by atoms with Crippen molar-refractivity contribution >= 4 is 58.0 Å². The number of rotatable bonds is 4. The molecule has 0 aliphatic heterocycles. The molecule has 0 heterocycles. The van der Waals surface area contributed by atoms with Gasteiger partial charge >= 0.3 is 0 Å². The summed E-state index contributed by atoms with van der Waals surface area (Å²) in [6.07, 6.45) is 0. The molecule has 1 aliphatic carbocycles. The van der Waals surface area contributed by atoms with Gasteiger partial charge in [-0.25, -0.2) is 0 Å². The Kier molecular flexibility index (Phi) is 6.14. The molecule has 0 saturated heterocycles. The molecule has 0 aromatic heterocycles. The third kappa shape index (κ3) is 4.06. The Bertz CT molecular complexity index is 1480. The van der Waals surface area contributed by atoms with Crippen molar-refractivity contribution in [2.45, 2.75) is 0 Å². The first-order valence-corrected chi connectivity index (χ1v) is 11.6. The van der Waals surface area contributed by atoms with Crippen LogP contribution in [0.3, 0.4) is 0 Å². The maximum atomic E-state index is 13.6. The molecule has 2 amide bonds. The van der Waals surface area contributed by atoms with E-state index < -0.39 is 23.4 Å². The van der Waals surface area contributed by atoms with E-state index in [0.717, 1.165) is 0 Å². The van der Waals surface area contributed by atoms with Crippen molar-refractivity contribution in [3.8, 4) is 0 Å². The Morgan fingerprint density at radius 1 is 0.528 bits per heavy atom. The summed E-state index contributed by atoms with van der Waals surface area (Å²) >= 11 is 12.3. The lowest BCUT2D eigenvalue weighted by Gasteiger charge is -2.22. The van der Waals surface area contributed by atoms with Gasteiger partial charge in [0, 0.05) is 11.1 Å². The Labute approximate surface area is 215 Å². The molecule has 0 fully saturated rings. The molecule has 0 atom stereocenters. The van der Waals surface area contributed by atoms with E-state index in [1.165, 1.54) is 12.1 Å². The van der Waals surface area contributed by atoms with Crippen molar-refractivity contribution in [1.29, 1.82) is 0 Å². The first-order valence-electron chi connectivity index (χ1n) is 10.8. The second-order valence-electron chi connectivity index (χ2n) is 7.98. The van der Waals surface area contributed by atoms with Gasteiger partial charge in [-0.2, -0.15) is 0 Å². The Morgan fingerprint density at radius 2 is 0.917 bits per heavy atom. The average molecular weight is 515 g/mol. The zero-order chi connectivity index (χ0) is 25.4. The van der Waals surface area contributed by atoms with Crippen LogP contribution in [-0.4, -0.2) is 23.4 Å². The lowest BCUT2D eigenvalue weighted by molar-refractivity contribution is 0.0977. The van der Waals surface area contributed by atoms with Gasteiger partial charge in [0.1, 0.15) is 0 Å². The average Bonchev–Trinajstić information content (AvgIpc) is 2.87. The minimum absolute atomic E-state index is 0.0741. The van der Waals surface area contributed by atoms with Gasteiger partial charge in [-0.1, -0.05) is 71.7 Å². The summed E-state index contributed by atoms with van der Waals surface area (Å²) in [6, 6.07) is 22.3. The van der Waals surface area contributed by atoms with E-state index in [4.69, 9.17) is 23.2 Å². The molecule has 1 aliphatic rings. The highest BCUT2D eigenvalue weighted by atomic mass is 35.5. The van der Waals surface area contributed by atoms with Crippen LogP contribution in [0.25, 0.3) is 0 Å². The van der Waals surface area contributed by atoms with Crippen LogP contribution in [-0.2, 0) is 0 Å². The van der Waals surface area contributed by atoms with Crippen LogP contribution in [0.1, 0.15) is 52.6 Å². The van der Waals surface area contributed by atoms with E-state index in [2.05, 4.69) is 10.6 Å². The lowest BCUT2D eigenvalue weighted by atomic mass is 9.82. The topological polar surface area (TPSA) is 92.3 Å². The lowest BCUT2D eigenvalue weighted by Crippen LogP contribution is -2.26. The van der Waals surface area contributed by atoms with Crippen LogP contribution in [0.4, 0.5) is 11.4 Å². The molecule has 176 valence electrons. The van der Waals surface area contributed by atoms with Crippen molar-refractivity contribution < 1.29 is 19.2 Å². The molecule has 0 bridgehead atoms. The summed E-state index contributed by atoms with van der Waals surface area (Å²) in [6.45, 7) is 0. The molecular weight excluding hydrogens is 499 g/mol. The molecule has 8 heteroatoms. The van der Waals surface area contributed by atoms with Crippen LogP contribution in [0.2, 0.25) is 10.0 Å². The fraction of sp³-hybridized carbons (Fsp3) is 0. The van der Waals surface area contributed by atoms with E-state index in [1.54, 1.807) is 72.8 Å². The highest BCUT2D eigenvalue weighted by Crippen LogP contribution is 2.36. The monoisotopic (exact) mass is 514 g/mol. The minimum Gasteiger partial charge on any atom is -0.321 e. The van der Waals surface area contributed by atoms with Gasteiger partial charge in [-0.3, -0.25) is 19.2 Å². The van der Waals surface area contributed by atoms with E-state index in [0.29, 0.717) is 0 Å². The second-order valence-corrected chi connectivity index (χ2v) is 8.80. The Morgan fingerprint density at radius 3 is 1.31 bits per heavy atom. The summed E-state index contributed by atoms with van der Waals surface area (Å²) in [4.78, 5) is 52.8. The summed E-state index contributed by atoms with van der Waals surface area (Å²) < 4.78 is 0. The second kappa shape index (κ2) is 9.41. The number of carbonyl (C=O) groups excluding carboxylic acids is 4. The molecular formula is C28H16Cl2N2O4. The number of hydrogen-bond donors (Lipinski definition) is 2. The van der Waals surface area contributed by atoms with Crippen molar-refractivity contribution in [3.05, 3.63) is 128 Å². The van der Waals surface area contributed by atoms with Crippen LogP contribution in [0.5, 0.6) is 0 Å². The molecule has 36 heavy (non-hydrogen) atoms. The normalized spacial score (nSPS) is 11.9. The molecule has 5 rings (SSSR count). The fourth-order valence-corrected chi connectivity index (χ4v) is 4.56. The maximum Gasteiger partial charge on any atom is 0.257 e. The Hall–Kier alpha value is -4.26. The highest BCUT2D eigenvalue weighted by molar-refractivity contribution is 6.36. The van der Waals surface area contributed by atoms with Crippen molar-refractivity contribution in [1.82, 2.24) is 0 Å². The number of nitrogens with one attached hydrogen (secondary N) is 2. The number of fused-ring (bicyclic) bond motifs is 2. The number of benzene rings is 4. The van der Waals surface area contributed by atoms with Crippen LogP contribution in [0, 0.1) is 0 Å². The van der Waals surface area contributed by atoms with Gasteiger partial charge in [-0.05, 0) is 36.4 Å². The van der Waals surface area contributed by atoms with Crippen molar-refractivity contribution in [3.63, 3.8) is 0 Å². The fourth-order valence-electron chi connectivity index (χ4n) is 4.12. The number of anilines is 2. The number of ketones is 2. The van der Waals surface area contributed by atoms with Gasteiger partial charge in [0.15, 0.2) is 11.6 Å². The first kappa shape index (κ1) is 23.5. The maximum absolute atomic E-state index is 13.6. The molecule has 0 saturated carbocycles. The summed E-state index contributed by atoms with van der Waals surface area (Å²) in [5, 5.41) is 5.92. The molecule has 6 nitrogen and oxygen atoms in total. The summed E-state index contributed by atoms with van der Waals surface area (Å²) in [5.74, 6) is -1.94. The third-order valence-electron chi connectivity index (χ3n) is 5.81. The molecule has 0 radical (unpaired) electrons. The minimum atomic E-state index is -0.513. The molecule has 0 unspecified atom stereocenters. The molecule has 2 N–H and O–H groups in total. The van der Waals surface area contributed by atoms with Gasteiger partial charge in [0.05, 0.1) is 43.7 Å². The standard InChI is InChI=1S/C28H16Cl2N2O4/c29-19-11-3-1-7-15(19)27(35)31-21-13-5-9-17-23(21)25(33)18-10-6-14-22(24(18)26(17)34)32-28(36)16-8-2-4-12-20(16)30/h1-14H,(H,31,35)(H,32,36). The van der Waals surface area contributed by atoms with Gasteiger partial charge in [-0.15, -0.1) is 0 Å².